The van der Waals surface area contributed by atoms with Gasteiger partial charge in [0.25, 0.3) is 5.91 Å². The zero-order chi connectivity index (χ0) is 45.4. The standard InChI is InChI=1S/C42H53ClF3N7O8S/c1-6-25(20-24(2)10-7-8-11-26-12-9-13-29(26)35(55)51-62(58,59)41(5)16-17-41)33(49-39(57)61-40(3,4)42(44,45)46)37(56)53-23-28(22-32(53)34(47)54)60-36-30-21-27(43)14-15-31(30)52-19-18-48-38(52)50-36/h8,11,14-15,18-19,21,24-25,28,32-33H,6-7,9-10,12-13,16-17,20,22-23H2,1-5H3,(H2,47,54)(H,49,57)(H,51,55)/b11-8-/t24-,25+,28+,32-,33-/m0/s1. The zero-order valence-electron chi connectivity index (χ0n) is 35.3. The average Bonchev–Trinajstić information content (AvgIpc) is 3.53. The lowest BCUT2D eigenvalue weighted by atomic mass is 9.85. The third-order valence-corrected chi connectivity index (χ3v) is 14.6. The van der Waals surface area contributed by atoms with Crippen LogP contribution in [0.15, 0.2) is 53.9 Å². The molecule has 4 amide bonds. The highest BCUT2D eigenvalue weighted by molar-refractivity contribution is 7.91. The van der Waals surface area contributed by atoms with Crippen LogP contribution in [0.2, 0.25) is 5.02 Å². The molecule has 4 N–H and O–H groups in total. The first-order chi connectivity index (χ1) is 29.0. The van der Waals surface area contributed by atoms with E-state index in [1.165, 1.54) is 4.90 Å². The topological polar surface area (TPSA) is 204 Å². The Hall–Kier alpha value is -4.91. The Morgan fingerprint density at radius 3 is 2.55 bits per heavy atom. The number of hydrogen-bond donors (Lipinski definition) is 3. The molecule has 2 aliphatic carbocycles. The predicted octanol–water partition coefficient (Wildman–Crippen LogP) is 6.67. The van der Waals surface area contributed by atoms with Crippen molar-refractivity contribution in [3.05, 3.63) is 58.9 Å². The zero-order valence-corrected chi connectivity index (χ0v) is 36.8. The number of primary amides is 1. The van der Waals surface area contributed by atoms with Crippen LogP contribution in [-0.2, 0) is 29.1 Å². The number of halogens is 4. The number of allylic oxidation sites excluding steroid dienone is 3. The van der Waals surface area contributed by atoms with E-state index in [0.717, 1.165) is 5.57 Å². The number of alkyl carbamates (subject to hydrolysis) is 1. The summed E-state index contributed by atoms with van der Waals surface area (Å²) < 4.78 is 80.9. The first kappa shape index (κ1) is 46.6. The van der Waals surface area contributed by atoms with E-state index in [0.29, 0.717) is 98.9 Å². The molecule has 1 aliphatic heterocycles. The number of amides is 4. The first-order valence-electron chi connectivity index (χ1n) is 20.7. The quantitative estimate of drug-likeness (QED) is 0.131. The number of nitrogens with two attached hydrogens (primary N) is 1. The van der Waals surface area contributed by atoms with Crippen molar-refractivity contribution < 1.29 is 50.2 Å². The summed E-state index contributed by atoms with van der Waals surface area (Å²) in [4.78, 5) is 63.7. The maximum absolute atomic E-state index is 14.6. The molecule has 1 saturated carbocycles. The third-order valence-electron chi connectivity index (χ3n) is 12.2. The van der Waals surface area contributed by atoms with Crippen molar-refractivity contribution in [3.8, 4) is 5.88 Å². The highest BCUT2D eigenvalue weighted by Gasteiger charge is 2.52. The minimum absolute atomic E-state index is 0.0444. The van der Waals surface area contributed by atoms with E-state index in [1.54, 1.807) is 48.8 Å². The molecule has 62 heavy (non-hydrogen) atoms. The average molecular weight is 908 g/mol. The Bertz CT molecular complexity index is 2400. The molecule has 3 heterocycles. The molecule has 3 aliphatic rings. The van der Waals surface area contributed by atoms with Crippen molar-refractivity contribution in [2.75, 3.05) is 6.54 Å². The minimum Gasteiger partial charge on any atom is -0.472 e. The maximum atomic E-state index is 14.6. The molecule has 20 heteroatoms. The van der Waals surface area contributed by atoms with Crippen LogP contribution < -0.4 is 20.5 Å². The van der Waals surface area contributed by atoms with Crippen molar-refractivity contribution in [2.24, 2.45) is 17.6 Å². The Balaban J connectivity index is 1.18. The van der Waals surface area contributed by atoms with Crippen molar-refractivity contribution in [1.29, 1.82) is 0 Å². The Morgan fingerprint density at radius 2 is 1.89 bits per heavy atom. The van der Waals surface area contributed by atoms with Crippen molar-refractivity contribution in [1.82, 2.24) is 29.3 Å². The van der Waals surface area contributed by atoms with E-state index in [1.807, 2.05) is 19.1 Å². The summed E-state index contributed by atoms with van der Waals surface area (Å²) in [5.41, 5.74) is 4.83. The third kappa shape index (κ3) is 10.1. The molecule has 1 aromatic carbocycles. The number of aromatic nitrogens is 3. The lowest BCUT2D eigenvalue weighted by Gasteiger charge is -2.34. The number of imidazole rings is 1. The monoisotopic (exact) mass is 907 g/mol. The highest BCUT2D eigenvalue weighted by Crippen LogP contribution is 2.42. The van der Waals surface area contributed by atoms with Gasteiger partial charge in [0.05, 0.1) is 22.2 Å². The lowest BCUT2D eigenvalue weighted by Crippen LogP contribution is -2.57. The molecule has 0 unspecified atom stereocenters. The van der Waals surface area contributed by atoms with Gasteiger partial charge in [-0.05, 0) is 108 Å². The first-order valence-corrected chi connectivity index (χ1v) is 22.6. The van der Waals surface area contributed by atoms with Gasteiger partial charge in [0.1, 0.15) is 18.2 Å². The highest BCUT2D eigenvalue weighted by atomic mass is 35.5. The number of rotatable bonds is 17. The fourth-order valence-electron chi connectivity index (χ4n) is 8.00. The smallest absolute Gasteiger partial charge is 0.427 e. The molecule has 15 nitrogen and oxygen atoms in total. The second kappa shape index (κ2) is 18.1. The van der Waals surface area contributed by atoms with Crippen LogP contribution in [-0.4, -0.2) is 92.8 Å². The molecule has 0 spiro atoms. The molecule has 3 aromatic rings. The van der Waals surface area contributed by atoms with Gasteiger partial charge in [0.15, 0.2) is 0 Å². The molecule has 338 valence electrons. The summed E-state index contributed by atoms with van der Waals surface area (Å²) in [6.45, 7) is 6.55. The number of benzene rings is 1. The summed E-state index contributed by atoms with van der Waals surface area (Å²) in [6, 6.07) is 2.51. The minimum atomic E-state index is -4.92. The number of carbonyl (C=O) groups excluding carboxylic acids is 4. The number of alkyl halides is 3. The van der Waals surface area contributed by atoms with Gasteiger partial charge in [0.2, 0.25) is 39.1 Å². The van der Waals surface area contributed by atoms with Crippen LogP contribution in [0.4, 0.5) is 18.0 Å². The van der Waals surface area contributed by atoms with Crippen LogP contribution in [0.5, 0.6) is 5.88 Å². The van der Waals surface area contributed by atoms with Gasteiger partial charge in [-0.3, -0.25) is 18.8 Å². The summed E-state index contributed by atoms with van der Waals surface area (Å²) in [7, 11) is -3.78. The Kier molecular flexibility index (Phi) is 13.6. The van der Waals surface area contributed by atoms with Crippen molar-refractivity contribution in [2.45, 2.75) is 134 Å². The van der Waals surface area contributed by atoms with E-state index >= 15 is 0 Å². The van der Waals surface area contributed by atoms with Gasteiger partial charge >= 0.3 is 12.3 Å². The van der Waals surface area contributed by atoms with E-state index in [9.17, 15) is 40.8 Å². The summed E-state index contributed by atoms with van der Waals surface area (Å²) in [5.74, 6) is -2.44. The van der Waals surface area contributed by atoms with Gasteiger partial charge in [0, 0.05) is 29.4 Å². The van der Waals surface area contributed by atoms with Gasteiger partial charge in [-0.15, -0.1) is 0 Å². The van der Waals surface area contributed by atoms with Gasteiger partial charge in [-0.25, -0.2) is 22.9 Å². The molecule has 0 radical (unpaired) electrons. The largest absolute Gasteiger partial charge is 0.472 e. The molecule has 5 atom stereocenters. The van der Waals surface area contributed by atoms with Gasteiger partial charge in [-0.1, -0.05) is 44.0 Å². The van der Waals surface area contributed by atoms with E-state index in [-0.39, 0.29) is 24.8 Å². The number of fused-ring (bicyclic) bond motifs is 3. The van der Waals surface area contributed by atoms with Crippen LogP contribution in [0, 0.1) is 11.8 Å². The van der Waals surface area contributed by atoms with Gasteiger partial charge in [-0.2, -0.15) is 18.2 Å². The van der Waals surface area contributed by atoms with Crippen LogP contribution >= 0.6 is 11.6 Å². The second-order valence-corrected chi connectivity index (χ2v) is 19.9. The van der Waals surface area contributed by atoms with E-state index in [2.05, 4.69) is 20.0 Å². The summed E-state index contributed by atoms with van der Waals surface area (Å²) in [5, 5.41) is 3.36. The van der Waals surface area contributed by atoms with Crippen molar-refractivity contribution in [3.63, 3.8) is 0 Å². The van der Waals surface area contributed by atoms with Crippen LogP contribution in [0.1, 0.15) is 98.8 Å². The number of likely N-dealkylation sites (tertiary alicyclic amines) is 1. The molecule has 0 bridgehead atoms. The number of nitrogens with zero attached hydrogens (tertiary/aromatic N) is 4. The molecule has 2 aromatic heterocycles. The number of hydrogen-bond acceptors (Lipinski definition) is 10. The lowest BCUT2D eigenvalue weighted by molar-refractivity contribution is -0.244. The van der Waals surface area contributed by atoms with Crippen LogP contribution in [0.25, 0.3) is 16.7 Å². The van der Waals surface area contributed by atoms with E-state index in [4.69, 9.17) is 26.8 Å². The van der Waals surface area contributed by atoms with E-state index < -0.39 is 74.5 Å². The number of sulfonamides is 1. The fraction of sp³-hybridized carbons (Fsp3) is 0.571. The molecule has 1 saturated heterocycles. The maximum Gasteiger partial charge on any atom is 0.427 e. The normalized spacial score (nSPS) is 20.7. The predicted molar refractivity (Wildman–Crippen MR) is 224 cm³/mol. The molecular weight excluding hydrogens is 855 g/mol. The number of ether oxygens (including phenoxy) is 2. The summed E-state index contributed by atoms with van der Waals surface area (Å²) in [6.07, 6.45) is 4.36. The number of carbonyl (C=O) groups is 4. The van der Waals surface area contributed by atoms with Crippen molar-refractivity contribution >= 4 is 62.1 Å². The second-order valence-electron chi connectivity index (χ2n) is 17.3. The number of nitrogens with one attached hydrogen (secondary N) is 2. The Morgan fingerprint density at radius 1 is 1.16 bits per heavy atom. The Labute approximate surface area is 363 Å². The molecule has 2 fully saturated rings. The molecule has 6 rings (SSSR count). The van der Waals surface area contributed by atoms with Crippen LogP contribution in [0.3, 0.4) is 0 Å². The van der Waals surface area contributed by atoms with Gasteiger partial charge < -0.3 is 25.4 Å². The SMILES string of the molecule is CC[C@H](C[C@@H](C)CC/C=C\C1=C(C(=O)NS(=O)(=O)C2(C)CC2)CCC1)[C@H](NC(=O)OC(C)(C)C(F)(F)F)C(=O)N1C[C@H](Oc2nc3nccn3c3ccc(Cl)cc23)C[C@H]1C(N)=O. The fourth-order valence-corrected chi connectivity index (χ4v) is 9.42. The molecular formula is C42H53ClF3N7O8S. The summed E-state index contributed by atoms with van der Waals surface area (Å²) >= 11 is 6.33.